The predicted octanol–water partition coefficient (Wildman–Crippen LogP) is 3.68. The normalized spacial score (nSPS) is 26.8. The average molecular weight is 654 g/mol. The van der Waals surface area contributed by atoms with Crippen molar-refractivity contribution in [2.75, 3.05) is 7.11 Å². The number of benzene rings is 3. The molecule has 0 aromatic heterocycles. The van der Waals surface area contributed by atoms with E-state index in [0.29, 0.717) is 6.61 Å². The van der Waals surface area contributed by atoms with E-state index >= 15 is 0 Å². The lowest BCUT2D eigenvalue weighted by atomic mass is 9.72. The number of methoxy groups -OCH3 is 1. The highest BCUT2D eigenvalue weighted by molar-refractivity contribution is 6.31. The number of carbonyl (C=O) groups is 3. The third-order valence-corrected chi connectivity index (χ3v) is 9.05. The molecule has 1 aliphatic heterocycles. The Kier molecular flexibility index (Phi) is 9.29. The molecule has 3 aliphatic rings. The first-order valence-corrected chi connectivity index (χ1v) is 14.8. The molecule has 3 aromatic rings. The van der Waals surface area contributed by atoms with Gasteiger partial charge in [-0.3, -0.25) is 14.4 Å². The molecule has 5 N–H and O–H groups in total. The van der Waals surface area contributed by atoms with Crippen LogP contribution >= 0.6 is 12.4 Å². The first-order chi connectivity index (χ1) is 21.4. The second-order valence-corrected chi connectivity index (χ2v) is 11.9. The summed E-state index contributed by atoms with van der Waals surface area (Å²) in [5, 5.41) is 34.6. The average Bonchev–Trinajstić information content (AvgIpc) is 3.01. The van der Waals surface area contributed by atoms with E-state index in [4.69, 9.17) is 24.7 Å². The standard InChI is InChI=1S/C34H35NO10.ClH/c1-16-33(43-15-18-8-5-4-6-9-18)21(35)12-24(44-16)45-23-14-34(41,17(2)36)13-20-26(23)32(40)28-27(30(20)38)29(37)19-10-7-11-22(42-3)25(19)31(28)39;/h4-11,16,21,23-24,33,38,40-41H,12-15,35H2,1-3H3;1H/t16?,21?,23-,24?,33?,34?;/m1./s1. The van der Waals surface area contributed by atoms with Crippen molar-refractivity contribution in [2.45, 2.75) is 76.0 Å². The van der Waals surface area contributed by atoms with Gasteiger partial charge in [0.2, 0.25) is 5.78 Å². The van der Waals surface area contributed by atoms with Crippen molar-refractivity contribution in [1.82, 2.24) is 0 Å². The fourth-order valence-corrected chi connectivity index (χ4v) is 6.68. The summed E-state index contributed by atoms with van der Waals surface area (Å²) in [5.74, 6) is -3.08. The summed E-state index contributed by atoms with van der Waals surface area (Å²) in [6.45, 7) is 3.33. The fraction of sp³-hybridized carbons (Fsp3) is 0.382. The zero-order valence-electron chi connectivity index (χ0n) is 25.5. The van der Waals surface area contributed by atoms with Gasteiger partial charge in [0.1, 0.15) is 22.8 Å². The van der Waals surface area contributed by atoms with Gasteiger partial charge in [-0.25, -0.2) is 0 Å². The van der Waals surface area contributed by atoms with Gasteiger partial charge in [0.25, 0.3) is 0 Å². The number of ether oxygens (including phenoxy) is 4. The highest BCUT2D eigenvalue weighted by Crippen LogP contribution is 2.52. The quantitative estimate of drug-likeness (QED) is 0.214. The number of ketones is 3. The van der Waals surface area contributed by atoms with Gasteiger partial charge in [-0.15, -0.1) is 12.4 Å². The summed E-state index contributed by atoms with van der Waals surface area (Å²) in [6, 6.07) is 13.6. The van der Waals surface area contributed by atoms with Gasteiger partial charge in [-0.2, -0.15) is 0 Å². The maximum atomic E-state index is 13.8. The first kappa shape index (κ1) is 33.5. The Balaban J connectivity index is 0.00000417. The van der Waals surface area contributed by atoms with Crippen LogP contribution < -0.4 is 10.5 Å². The Morgan fingerprint density at radius 3 is 2.37 bits per heavy atom. The molecule has 12 heteroatoms. The van der Waals surface area contributed by atoms with Crippen LogP contribution in [0, 0.1) is 0 Å². The largest absolute Gasteiger partial charge is 0.507 e. The Morgan fingerprint density at radius 1 is 1.02 bits per heavy atom. The SMILES string of the molecule is COc1cccc2c1C(=O)c1c(O)c3c(c(O)c1C2=O)CC(O)(C(C)=O)C[C@H]3OC1CC(N)C(OCc2ccccc2)C(C)O1.Cl. The number of aliphatic hydroxyl groups is 1. The number of Topliss-reactive ketones (excluding diaryl/α,β-unsaturated/α-hetero) is 1. The second-order valence-electron chi connectivity index (χ2n) is 11.9. The number of hydrogen-bond acceptors (Lipinski definition) is 11. The van der Waals surface area contributed by atoms with Crippen LogP contribution in [0.25, 0.3) is 0 Å². The highest BCUT2D eigenvalue weighted by atomic mass is 35.5. The first-order valence-electron chi connectivity index (χ1n) is 14.8. The van der Waals surface area contributed by atoms with Crippen LogP contribution in [0.4, 0.5) is 0 Å². The fourth-order valence-electron chi connectivity index (χ4n) is 6.68. The summed E-state index contributed by atoms with van der Waals surface area (Å²) in [7, 11) is 1.35. The Morgan fingerprint density at radius 2 is 1.72 bits per heavy atom. The molecule has 1 heterocycles. The van der Waals surface area contributed by atoms with Crippen LogP contribution in [0.2, 0.25) is 0 Å². The zero-order chi connectivity index (χ0) is 32.2. The molecule has 46 heavy (non-hydrogen) atoms. The lowest BCUT2D eigenvalue weighted by Crippen LogP contribution is -2.53. The molecule has 1 saturated heterocycles. The molecule has 244 valence electrons. The number of rotatable bonds is 7. The van der Waals surface area contributed by atoms with E-state index < -0.39 is 82.6 Å². The molecule has 11 nitrogen and oxygen atoms in total. The summed E-state index contributed by atoms with van der Waals surface area (Å²) < 4.78 is 23.8. The number of carbonyl (C=O) groups excluding carboxylic acids is 3. The number of phenols is 2. The van der Waals surface area contributed by atoms with Crippen LogP contribution in [0.15, 0.2) is 48.5 Å². The van der Waals surface area contributed by atoms with Gasteiger partial charge in [-0.05, 0) is 25.5 Å². The minimum Gasteiger partial charge on any atom is -0.507 e. The molecule has 0 bridgehead atoms. The second kappa shape index (κ2) is 12.7. The van der Waals surface area contributed by atoms with Gasteiger partial charge in [0.05, 0.1) is 48.7 Å². The molecule has 0 spiro atoms. The van der Waals surface area contributed by atoms with Gasteiger partial charge in [-0.1, -0.05) is 42.5 Å². The monoisotopic (exact) mass is 653 g/mol. The van der Waals surface area contributed by atoms with Crippen LogP contribution in [0.5, 0.6) is 17.2 Å². The van der Waals surface area contributed by atoms with Gasteiger partial charge < -0.3 is 40.0 Å². The van der Waals surface area contributed by atoms with Crippen molar-refractivity contribution in [3.63, 3.8) is 0 Å². The number of fused-ring (bicyclic) bond motifs is 3. The van der Waals surface area contributed by atoms with Crippen LogP contribution in [-0.2, 0) is 32.0 Å². The topological polar surface area (TPSA) is 175 Å². The van der Waals surface area contributed by atoms with Crippen molar-refractivity contribution < 1.29 is 48.7 Å². The molecule has 5 unspecified atom stereocenters. The Labute approximate surface area is 271 Å². The van der Waals surface area contributed by atoms with E-state index in [0.717, 1.165) is 5.56 Å². The molecule has 0 radical (unpaired) electrons. The van der Waals surface area contributed by atoms with E-state index in [2.05, 4.69) is 0 Å². The van der Waals surface area contributed by atoms with Crippen LogP contribution in [0.1, 0.15) is 81.3 Å². The van der Waals surface area contributed by atoms with Gasteiger partial charge in [0.15, 0.2) is 17.9 Å². The van der Waals surface area contributed by atoms with Crippen LogP contribution in [-0.4, -0.2) is 69.9 Å². The van der Waals surface area contributed by atoms with Crippen molar-refractivity contribution in [2.24, 2.45) is 5.73 Å². The van der Waals surface area contributed by atoms with Gasteiger partial charge in [0, 0.05) is 42.0 Å². The van der Waals surface area contributed by atoms with E-state index in [9.17, 15) is 29.7 Å². The van der Waals surface area contributed by atoms with E-state index in [1.165, 1.54) is 32.2 Å². The molecule has 6 rings (SSSR count). The molecular formula is C34H36ClNO10. The maximum absolute atomic E-state index is 13.8. The Bertz CT molecular complexity index is 1680. The number of nitrogens with two attached hydrogens (primary N) is 1. The number of aromatic hydroxyl groups is 2. The number of phenolic OH excluding ortho intramolecular Hbond substituents is 2. The molecule has 0 saturated carbocycles. The van der Waals surface area contributed by atoms with Gasteiger partial charge >= 0.3 is 0 Å². The highest BCUT2D eigenvalue weighted by Gasteiger charge is 2.49. The molecular weight excluding hydrogens is 618 g/mol. The summed E-state index contributed by atoms with van der Waals surface area (Å²) >= 11 is 0. The van der Waals surface area contributed by atoms with E-state index in [-0.39, 0.29) is 53.3 Å². The van der Waals surface area contributed by atoms with Crippen molar-refractivity contribution in [3.8, 4) is 17.2 Å². The number of halogens is 1. The van der Waals surface area contributed by atoms with Crippen molar-refractivity contribution in [3.05, 3.63) is 87.5 Å². The lowest BCUT2D eigenvalue weighted by Gasteiger charge is -2.43. The van der Waals surface area contributed by atoms with Crippen LogP contribution in [0.3, 0.4) is 0 Å². The molecule has 1 fully saturated rings. The van der Waals surface area contributed by atoms with E-state index in [1.54, 1.807) is 6.92 Å². The van der Waals surface area contributed by atoms with E-state index in [1.807, 2.05) is 30.3 Å². The lowest BCUT2D eigenvalue weighted by molar-refractivity contribution is -0.254. The smallest absolute Gasteiger partial charge is 0.202 e. The van der Waals surface area contributed by atoms with Crippen molar-refractivity contribution >= 4 is 29.8 Å². The molecule has 2 aliphatic carbocycles. The summed E-state index contributed by atoms with van der Waals surface area (Å²) in [5.41, 5.74) is 4.55. The minimum atomic E-state index is -2.00. The molecule has 6 atom stereocenters. The molecule has 3 aromatic carbocycles. The summed E-state index contributed by atoms with van der Waals surface area (Å²) in [4.78, 5) is 40.1. The third-order valence-electron chi connectivity index (χ3n) is 9.05. The zero-order valence-corrected chi connectivity index (χ0v) is 26.3. The predicted molar refractivity (Wildman–Crippen MR) is 167 cm³/mol. The molecule has 0 amide bonds. The Hall–Kier alpha value is -3.84. The van der Waals surface area contributed by atoms with Crippen molar-refractivity contribution in [1.29, 1.82) is 0 Å². The number of hydrogen-bond donors (Lipinski definition) is 4. The summed E-state index contributed by atoms with van der Waals surface area (Å²) in [6.07, 6.45) is -3.67. The maximum Gasteiger partial charge on any atom is 0.202 e. The minimum absolute atomic E-state index is 0. The third kappa shape index (κ3) is 5.57.